The molecular weight excluding hydrogens is 180 g/mol. The number of benzene rings is 1. The minimum absolute atomic E-state index is 0.723. The third kappa shape index (κ3) is 2.95. The molecule has 0 amide bonds. The second-order valence-corrected chi connectivity index (χ2v) is 3.28. The summed E-state index contributed by atoms with van der Waals surface area (Å²) >= 11 is 6.91. The number of carbonyl (C=O) groups excluding carboxylic acids is 1. The summed E-state index contributed by atoms with van der Waals surface area (Å²) < 4.78 is 0. The highest BCUT2D eigenvalue weighted by Gasteiger charge is 1.91. The lowest BCUT2D eigenvalue weighted by Crippen LogP contribution is -1.78. The monoisotopic (exact) mass is 186 g/mol. The number of hydrogen-bond donors (Lipinski definition) is 0. The Morgan fingerprint density at radius 2 is 2.00 bits per heavy atom. The number of halogens is 1. The molecule has 0 aliphatic rings. The van der Waals surface area contributed by atoms with Crippen LogP contribution in [-0.2, 0) is 10.5 Å². The van der Waals surface area contributed by atoms with E-state index in [0.29, 0.717) is 0 Å². The van der Waals surface area contributed by atoms with Crippen LogP contribution >= 0.6 is 23.4 Å². The van der Waals surface area contributed by atoms with Crippen LogP contribution in [0.5, 0.6) is 0 Å². The van der Waals surface area contributed by atoms with Gasteiger partial charge in [0, 0.05) is 10.8 Å². The molecule has 58 valence electrons. The van der Waals surface area contributed by atoms with Gasteiger partial charge in [-0.25, -0.2) is 0 Å². The first-order valence-corrected chi connectivity index (χ1v) is 4.55. The van der Waals surface area contributed by atoms with E-state index >= 15 is 0 Å². The normalized spacial score (nSPS) is 9.55. The van der Waals surface area contributed by atoms with Gasteiger partial charge < -0.3 is 0 Å². The number of thioether (sulfide) groups is 1. The molecule has 0 radical (unpaired) electrons. The van der Waals surface area contributed by atoms with Crippen molar-refractivity contribution in [1.29, 1.82) is 0 Å². The van der Waals surface area contributed by atoms with Crippen LogP contribution in [0.2, 0.25) is 5.02 Å². The first-order valence-electron chi connectivity index (χ1n) is 3.12. The van der Waals surface area contributed by atoms with Gasteiger partial charge in [-0.3, -0.25) is 4.79 Å². The zero-order valence-corrected chi connectivity index (χ0v) is 7.36. The molecule has 1 nitrogen and oxygen atoms in total. The molecule has 0 fully saturated rings. The van der Waals surface area contributed by atoms with Crippen LogP contribution in [0.25, 0.3) is 0 Å². The predicted octanol–water partition coefficient (Wildman–Crippen LogP) is 2.76. The smallest absolute Gasteiger partial charge is 0.176 e. The van der Waals surface area contributed by atoms with E-state index in [1.54, 1.807) is 0 Å². The Balaban J connectivity index is 2.58. The third-order valence-corrected chi connectivity index (χ3v) is 2.12. The Bertz CT molecular complexity index is 232. The van der Waals surface area contributed by atoms with Gasteiger partial charge in [0.1, 0.15) is 0 Å². The maximum absolute atomic E-state index is 9.98. The van der Waals surface area contributed by atoms with Crippen molar-refractivity contribution in [3.63, 3.8) is 0 Å². The molecule has 0 heterocycles. The molecule has 0 N–H and O–H groups in total. The Morgan fingerprint density at radius 3 is 2.55 bits per heavy atom. The van der Waals surface area contributed by atoms with Gasteiger partial charge in [-0.15, -0.1) is 0 Å². The quantitative estimate of drug-likeness (QED) is 0.676. The van der Waals surface area contributed by atoms with E-state index in [1.807, 2.05) is 24.3 Å². The van der Waals surface area contributed by atoms with E-state index in [0.717, 1.165) is 22.0 Å². The number of rotatable bonds is 3. The van der Waals surface area contributed by atoms with Crippen LogP contribution in [0.15, 0.2) is 24.3 Å². The van der Waals surface area contributed by atoms with Crippen molar-refractivity contribution < 1.29 is 4.79 Å². The van der Waals surface area contributed by atoms with Crippen LogP contribution in [0.1, 0.15) is 5.56 Å². The van der Waals surface area contributed by atoms with Crippen molar-refractivity contribution in [3.8, 4) is 0 Å². The van der Waals surface area contributed by atoms with Crippen LogP contribution < -0.4 is 0 Å². The van der Waals surface area contributed by atoms with Crippen LogP contribution in [0.3, 0.4) is 0 Å². The average molecular weight is 187 g/mol. The zero-order chi connectivity index (χ0) is 8.10. The molecule has 1 aromatic carbocycles. The summed E-state index contributed by atoms with van der Waals surface area (Å²) in [6.45, 7) is 0. The molecular formula is C8H7ClOS. The topological polar surface area (TPSA) is 17.1 Å². The molecule has 0 saturated heterocycles. The second kappa shape index (κ2) is 4.42. The molecule has 0 unspecified atom stereocenters. The summed E-state index contributed by atoms with van der Waals surface area (Å²) in [5.41, 5.74) is 1.96. The standard InChI is InChI=1S/C8H7ClOS/c9-8-3-1-7(2-4-8)5-11-6-10/h1-4,6H,5H2. The summed E-state index contributed by atoms with van der Waals surface area (Å²) in [7, 11) is 0. The van der Waals surface area contributed by atoms with Crippen molar-refractivity contribution in [2.24, 2.45) is 0 Å². The highest BCUT2D eigenvalue weighted by atomic mass is 35.5. The Labute approximate surface area is 74.7 Å². The maximum atomic E-state index is 9.98. The van der Waals surface area contributed by atoms with E-state index in [9.17, 15) is 4.79 Å². The summed E-state index contributed by atoms with van der Waals surface area (Å²) in [4.78, 5) is 9.98. The first kappa shape index (κ1) is 8.62. The van der Waals surface area contributed by atoms with Crippen LogP contribution in [0, 0.1) is 0 Å². The lowest BCUT2D eigenvalue weighted by atomic mass is 10.2. The molecule has 0 atom stereocenters. The fourth-order valence-electron chi connectivity index (χ4n) is 0.711. The molecule has 1 aromatic rings. The average Bonchev–Trinajstić information content (AvgIpc) is 2.04. The van der Waals surface area contributed by atoms with Gasteiger partial charge in [0.25, 0.3) is 0 Å². The summed E-state index contributed by atoms with van der Waals surface area (Å²) in [6.07, 6.45) is 0. The van der Waals surface area contributed by atoms with E-state index in [-0.39, 0.29) is 0 Å². The molecule has 11 heavy (non-hydrogen) atoms. The Kier molecular flexibility index (Phi) is 3.46. The second-order valence-electron chi connectivity index (χ2n) is 2.03. The van der Waals surface area contributed by atoms with E-state index < -0.39 is 0 Å². The van der Waals surface area contributed by atoms with Crippen LogP contribution in [-0.4, -0.2) is 5.62 Å². The van der Waals surface area contributed by atoms with Gasteiger partial charge in [0.05, 0.1) is 0 Å². The van der Waals surface area contributed by atoms with Crippen LogP contribution in [0.4, 0.5) is 0 Å². The van der Waals surface area contributed by atoms with Crippen molar-refractivity contribution >= 4 is 29.0 Å². The van der Waals surface area contributed by atoms with Gasteiger partial charge in [0.15, 0.2) is 5.62 Å². The highest BCUT2D eigenvalue weighted by molar-refractivity contribution is 8.11. The van der Waals surface area contributed by atoms with Gasteiger partial charge in [-0.05, 0) is 17.7 Å². The lowest BCUT2D eigenvalue weighted by Gasteiger charge is -1.95. The SMILES string of the molecule is O=CSCc1ccc(Cl)cc1. The number of carbonyl (C=O) groups is 1. The molecule has 0 saturated carbocycles. The molecule has 0 bridgehead atoms. The Hall–Kier alpha value is -0.470. The van der Waals surface area contributed by atoms with Gasteiger partial charge in [-0.2, -0.15) is 0 Å². The molecule has 0 aliphatic heterocycles. The summed E-state index contributed by atoms with van der Waals surface area (Å²) in [6, 6.07) is 7.47. The highest BCUT2D eigenvalue weighted by Crippen LogP contribution is 2.13. The maximum Gasteiger partial charge on any atom is 0.176 e. The van der Waals surface area contributed by atoms with Gasteiger partial charge in [0.2, 0.25) is 0 Å². The van der Waals surface area contributed by atoms with Crippen molar-refractivity contribution in [1.82, 2.24) is 0 Å². The lowest BCUT2D eigenvalue weighted by molar-refractivity contribution is 0.570. The summed E-state index contributed by atoms with van der Waals surface area (Å²) in [5, 5.41) is 0.727. The fraction of sp³-hybridized carbons (Fsp3) is 0.125. The molecule has 0 aromatic heterocycles. The minimum Gasteiger partial charge on any atom is -0.291 e. The van der Waals surface area contributed by atoms with Gasteiger partial charge >= 0.3 is 0 Å². The molecule has 0 aliphatic carbocycles. The van der Waals surface area contributed by atoms with Crippen molar-refractivity contribution in [2.45, 2.75) is 5.75 Å². The molecule has 1 rings (SSSR count). The zero-order valence-electron chi connectivity index (χ0n) is 5.79. The molecule has 0 spiro atoms. The first-order chi connectivity index (χ1) is 5.33. The largest absolute Gasteiger partial charge is 0.291 e. The van der Waals surface area contributed by atoms with Crippen molar-refractivity contribution in [3.05, 3.63) is 34.9 Å². The van der Waals surface area contributed by atoms with E-state index in [1.165, 1.54) is 11.8 Å². The predicted molar refractivity (Wildman–Crippen MR) is 49.5 cm³/mol. The van der Waals surface area contributed by atoms with Gasteiger partial charge in [-0.1, -0.05) is 35.5 Å². The summed E-state index contributed by atoms with van der Waals surface area (Å²) in [5.74, 6) is 0.723. The van der Waals surface area contributed by atoms with E-state index in [2.05, 4.69) is 0 Å². The third-order valence-electron chi connectivity index (χ3n) is 1.23. The van der Waals surface area contributed by atoms with E-state index in [4.69, 9.17) is 11.6 Å². The molecule has 3 heteroatoms. The van der Waals surface area contributed by atoms with Crippen molar-refractivity contribution in [2.75, 3.05) is 0 Å². The fourth-order valence-corrected chi connectivity index (χ4v) is 1.29. The number of hydrogen-bond acceptors (Lipinski definition) is 2. The Morgan fingerprint density at radius 1 is 1.36 bits per heavy atom. The minimum atomic E-state index is 0.723.